The molecule has 3 aromatic rings. The lowest BCUT2D eigenvalue weighted by Crippen LogP contribution is -2.36. The second-order valence-electron chi connectivity index (χ2n) is 6.68. The summed E-state index contributed by atoms with van der Waals surface area (Å²) in [6, 6.07) is 12.8. The highest BCUT2D eigenvalue weighted by Gasteiger charge is 2.23. The second-order valence-corrected chi connectivity index (χ2v) is 6.68. The summed E-state index contributed by atoms with van der Waals surface area (Å²) < 4.78 is 27.0. The van der Waals surface area contributed by atoms with Crippen molar-refractivity contribution in [2.45, 2.75) is 19.9 Å². The minimum Gasteiger partial charge on any atom is -0.338 e. The fourth-order valence-corrected chi connectivity index (χ4v) is 3.30. The van der Waals surface area contributed by atoms with E-state index in [0.29, 0.717) is 18.9 Å². The lowest BCUT2D eigenvalue weighted by atomic mass is 10.00. The Morgan fingerprint density at radius 1 is 1.07 bits per heavy atom. The lowest BCUT2D eigenvalue weighted by molar-refractivity contribution is 0.0728. The number of hydrogen-bond donors (Lipinski definition) is 1. The van der Waals surface area contributed by atoms with Crippen molar-refractivity contribution in [2.24, 2.45) is 0 Å². The standard InChI is InChI=1S/C21H18F2N4O/c1-13-24-19(11-20(25-13)26-18-7-6-16(22)10-17(18)23)21(28)27-9-8-14-4-2-3-5-15(14)12-27/h2-7,10-11H,8-9,12H2,1H3,(H,24,25,26). The van der Waals surface area contributed by atoms with E-state index in [1.807, 2.05) is 18.2 Å². The Balaban J connectivity index is 1.57. The molecule has 0 bridgehead atoms. The minimum atomic E-state index is -0.739. The Bertz CT molecular complexity index is 1050. The molecule has 5 nitrogen and oxygen atoms in total. The SMILES string of the molecule is Cc1nc(Nc2ccc(F)cc2F)cc(C(=O)N2CCc3ccccc3C2)n1. The first kappa shape index (κ1) is 18.0. The van der Waals surface area contributed by atoms with Gasteiger partial charge in [0.25, 0.3) is 5.91 Å². The van der Waals surface area contributed by atoms with Crippen LogP contribution in [0, 0.1) is 18.6 Å². The molecule has 1 aromatic heterocycles. The summed E-state index contributed by atoms with van der Waals surface area (Å²) in [5.74, 6) is -0.949. The van der Waals surface area contributed by atoms with Crippen LogP contribution in [0.1, 0.15) is 27.4 Å². The molecule has 1 aliphatic heterocycles. The predicted molar refractivity (Wildman–Crippen MR) is 101 cm³/mol. The summed E-state index contributed by atoms with van der Waals surface area (Å²) in [6.45, 7) is 2.79. The normalized spacial score (nSPS) is 13.2. The molecule has 0 spiro atoms. The topological polar surface area (TPSA) is 58.1 Å². The largest absolute Gasteiger partial charge is 0.338 e. The molecular weight excluding hydrogens is 362 g/mol. The zero-order valence-electron chi connectivity index (χ0n) is 15.2. The Labute approximate surface area is 161 Å². The maximum atomic E-state index is 13.9. The summed E-state index contributed by atoms with van der Waals surface area (Å²) in [5, 5.41) is 2.79. The first-order valence-corrected chi connectivity index (χ1v) is 8.93. The summed E-state index contributed by atoms with van der Waals surface area (Å²) in [7, 11) is 0. The molecule has 142 valence electrons. The zero-order valence-corrected chi connectivity index (χ0v) is 15.2. The van der Waals surface area contributed by atoms with Gasteiger partial charge >= 0.3 is 0 Å². The number of benzene rings is 2. The van der Waals surface area contributed by atoms with Crippen molar-refractivity contribution in [3.05, 3.63) is 82.8 Å². The van der Waals surface area contributed by atoms with E-state index in [-0.39, 0.29) is 23.1 Å². The van der Waals surface area contributed by atoms with Gasteiger partial charge in [-0.25, -0.2) is 18.7 Å². The number of nitrogens with one attached hydrogen (secondary N) is 1. The molecule has 0 unspecified atom stereocenters. The van der Waals surface area contributed by atoms with Crippen LogP contribution in [0.2, 0.25) is 0 Å². The quantitative estimate of drug-likeness (QED) is 0.746. The van der Waals surface area contributed by atoms with E-state index < -0.39 is 11.6 Å². The van der Waals surface area contributed by atoms with Gasteiger partial charge in [-0.15, -0.1) is 0 Å². The van der Waals surface area contributed by atoms with Crippen molar-refractivity contribution in [1.82, 2.24) is 14.9 Å². The summed E-state index contributed by atoms with van der Waals surface area (Å²) in [4.78, 5) is 23.2. The second kappa shape index (κ2) is 7.34. The number of rotatable bonds is 3. The molecule has 0 saturated carbocycles. The molecule has 2 heterocycles. The molecule has 7 heteroatoms. The van der Waals surface area contributed by atoms with Crippen LogP contribution in [0.4, 0.5) is 20.3 Å². The molecule has 0 radical (unpaired) electrons. The highest BCUT2D eigenvalue weighted by Crippen LogP contribution is 2.23. The third-order valence-electron chi connectivity index (χ3n) is 4.67. The van der Waals surface area contributed by atoms with Crippen LogP contribution in [0.25, 0.3) is 0 Å². The highest BCUT2D eigenvalue weighted by molar-refractivity contribution is 5.93. The number of fused-ring (bicyclic) bond motifs is 1. The summed E-state index contributed by atoms with van der Waals surface area (Å²) >= 11 is 0. The van der Waals surface area contributed by atoms with Crippen LogP contribution >= 0.6 is 0 Å². The third kappa shape index (κ3) is 3.69. The molecule has 0 aliphatic carbocycles. The van der Waals surface area contributed by atoms with E-state index in [2.05, 4.69) is 21.4 Å². The average molecular weight is 380 g/mol. The summed E-state index contributed by atoms with van der Waals surface area (Å²) in [5.41, 5.74) is 2.68. The number of carbonyl (C=O) groups is 1. The van der Waals surface area contributed by atoms with Crippen LogP contribution in [0.3, 0.4) is 0 Å². The van der Waals surface area contributed by atoms with Gasteiger partial charge in [0.05, 0.1) is 5.69 Å². The molecule has 28 heavy (non-hydrogen) atoms. The number of anilines is 2. The monoisotopic (exact) mass is 380 g/mol. The number of hydrogen-bond acceptors (Lipinski definition) is 4. The van der Waals surface area contributed by atoms with Crippen LogP contribution in [-0.2, 0) is 13.0 Å². The van der Waals surface area contributed by atoms with E-state index in [1.165, 1.54) is 17.7 Å². The Hall–Kier alpha value is -3.35. The number of nitrogens with zero attached hydrogens (tertiary/aromatic N) is 3. The lowest BCUT2D eigenvalue weighted by Gasteiger charge is -2.28. The molecule has 0 atom stereocenters. The maximum Gasteiger partial charge on any atom is 0.272 e. The van der Waals surface area contributed by atoms with Crippen molar-refractivity contribution in [2.75, 3.05) is 11.9 Å². The predicted octanol–water partition coefficient (Wildman–Crippen LogP) is 4.01. The molecule has 2 aromatic carbocycles. The molecule has 1 N–H and O–H groups in total. The molecule has 1 aliphatic rings. The van der Waals surface area contributed by atoms with E-state index >= 15 is 0 Å². The summed E-state index contributed by atoms with van der Waals surface area (Å²) in [6.07, 6.45) is 0.790. The Kier molecular flexibility index (Phi) is 4.73. The minimum absolute atomic E-state index is 0.0739. The van der Waals surface area contributed by atoms with Gasteiger partial charge in [-0.3, -0.25) is 4.79 Å². The van der Waals surface area contributed by atoms with Crippen LogP contribution in [0.15, 0.2) is 48.5 Å². The number of aryl methyl sites for hydroxylation is 1. The molecule has 1 amide bonds. The molecule has 0 fully saturated rings. The maximum absolute atomic E-state index is 13.9. The average Bonchev–Trinajstić information content (AvgIpc) is 2.69. The van der Waals surface area contributed by atoms with Crippen molar-refractivity contribution < 1.29 is 13.6 Å². The van der Waals surface area contributed by atoms with Crippen molar-refractivity contribution >= 4 is 17.4 Å². The van der Waals surface area contributed by atoms with E-state index in [9.17, 15) is 13.6 Å². The third-order valence-corrected chi connectivity index (χ3v) is 4.67. The van der Waals surface area contributed by atoms with Gasteiger partial charge < -0.3 is 10.2 Å². The van der Waals surface area contributed by atoms with E-state index in [1.54, 1.807) is 11.8 Å². The first-order valence-electron chi connectivity index (χ1n) is 8.93. The number of halogens is 2. The van der Waals surface area contributed by atoms with Crippen molar-refractivity contribution in [1.29, 1.82) is 0 Å². The first-order chi connectivity index (χ1) is 13.5. The van der Waals surface area contributed by atoms with E-state index in [4.69, 9.17) is 0 Å². The van der Waals surface area contributed by atoms with Crippen molar-refractivity contribution in [3.63, 3.8) is 0 Å². The van der Waals surface area contributed by atoms with Gasteiger partial charge in [-0.2, -0.15) is 0 Å². The van der Waals surface area contributed by atoms with Gasteiger partial charge in [-0.1, -0.05) is 24.3 Å². The van der Waals surface area contributed by atoms with Gasteiger partial charge in [0.15, 0.2) is 0 Å². The van der Waals surface area contributed by atoms with Gasteiger partial charge in [0.1, 0.15) is 29.0 Å². The van der Waals surface area contributed by atoms with Crippen LogP contribution in [0.5, 0.6) is 0 Å². The van der Waals surface area contributed by atoms with Crippen molar-refractivity contribution in [3.8, 4) is 0 Å². The Morgan fingerprint density at radius 2 is 1.86 bits per heavy atom. The smallest absolute Gasteiger partial charge is 0.272 e. The molecule has 4 rings (SSSR count). The number of carbonyl (C=O) groups excluding carboxylic acids is 1. The zero-order chi connectivity index (χ0) is 19.7. The number of aromatic nitrogens is 2. The van der Waals surface area contributed by atoms with E-state index in [0.717, 1.165) is 24.1 Å². The van der Waals surface area contributed by atoms with Crippen LogP contribution < -0.4 is 5.32 Å². The van der Waals surface area contributed by atoms with Gasteiger partial charge in [0, 0.05) is 25.2 Å². The number of amides is 1. The Morgan fingerprint density at radius 3 is 2.64 bits per heavy atom. The fourth-order valence-electron chi connectivity index (χ4n) is 3.30. The van der Waals surface area contributed by atoms with Gasteiger partial charge in [-0.05, 0) is 36.6 Å². The highest BCUT2D eigenvalue weighted by atomic mass is 19.1. The molecule has 0 saturated heterocycles. The van der Waals surface area contributed by atoms with Crippen LogP contribution in [-0.4, -0.2) is 27.3 Å². The molecular formula is C21H18F2N4O. The fraction of sp³-hybridized carbons (Fsp3) is 0.190. The van der Waals surface area contributed by atoms with Gasteiger partial charge in [0.2, 0.25) is 0 Å².